The molecule has 0 aliphatic carbocycles. The lowest BCUT2D eigenvalue weighted by Crippen LogP contribution is -2.45. The van der Waals surface area contributed by atoms with Crippen LogP contribution < -0.4 is 0 Å². The molecule has 1 saturated heterocycles. The number of hydrogen-bond acceptors (Lipinski definition) is 4. The van der Waals surface area contributed by atoms with E-state index in [1.165, 1.54) is 4.90 Å². The van der Waals surface area contributed by atoms with Crippen LogP contribution in [-0.2, 0) is 4.79 Å². The SMILES string of the molecule is CN(CC(=O)O)C1CCN(CCSc2ccccc2)CC1. The van der Waals surface area contributed by atoms with Gasteiger partial charge in [0, 0.05) is 23.2 Å². The van der Waals surface area contributed by atoms with Crippen molar-refractivity contribution in [3.8, 4) is 0 Å². The van der Waals surface area contributed by atoms with Crippen LogP contribution in [0.15, 0.2) is 35.2 Å². The highest BCUT2D eigenvalue weighted by molar-refractivity contribution is 7.99. The molecule has 0 saturated carbocycles. The number of carbonyl (C=O) groups is 1. The first-order valence-electron chi connectivity index (χ1n) is 7.47. The maximum atomic E-state index is 10.7. The summed E-state index contributed by atoms with van der Waals surface area (Å²) in [6.45, 7) is 3.40. The molecule has 0 bridgehead atoms. The molecule has 1 aromatic carbocycles. The minimum atomic E-state index is -0.737. The Morgan fingerprint density at radius 2 is 2.00 bits per heavy atom. The summed E-state index contributed by atoms with van der Waals surface area (Å²) in [7, 11) is 1.92. The van der Waals surface area contributed by atoms with E-state index in [0.29, 0.717) is 6.04 Å². The maximum absolute atomic E-state index is 10.7. The second-order valence-electron chi connectivity index (χ2n) is 5.54. The van der Waals surface area contributed by atoms with Gasteiger partial charge in [-0.15, -0.1) is 11.8 Å². The molecule has 0 amide bonds. The number of likely N-dealkylation sites (tertiary alicyclic amines) is 1. The Labute approximate surface area is 131 Å². The number of thioether (sulfide) groups is 1. The average Bonchev–Trinajstić information content (AvgIpc) is 2.48. The molecule has 116 valence electrons. The van der Waals surface area contributed by atoms with Crippen molar-refractivity contribution in [2.24, 2.45) is 0 Å². The van der Waals surface area contributed by atoms with Crippen molar-refractivity contribution in [3.63, 3.8) is 0 Å². The molecule has 5 heteroatoms. The van der Waals surface area contributed by atoms with Gasteiger partial charge in [0.2, 0.25) is 0 Å². The van der Waals surface area contributed by atoms with E-state index < -0.39 is 5.97 Å². The van der Waals surface area contributed by atoms with E-state index in [2.05, 4.69) is 29.2 Å². The summed E-state index contributed by atoms with van der Waals surface area (Å²) < 4.78 is 0. The van der Waals surface area contributed by atoms with Crippen LogP contribution >= 0.6 is 11.8 Å². The number of nitrogens with zero attached hydrogens (tertiary/aromatic N) is 2. The number of aliphatic carboxylic acids is 1. The van der Waals surface area contributed by atoms with E-state index in [0.717, 1.165) is 38.2 Å². The van der Waals surface area contributed by atoms with Crippen molar-refractivity contribution in [2.45, 2.75) is 23.8 Å². The molecule has 2 rings (SSSR count). The number of hydrogen-bond donors (Lipinski definition) is 1. The summed E-state index contributed by atoms with van der Waals surface area (Å²) in [5.41, 5.74) is 0. The lowest BCUT2D eigenvalue weighted by atomic mass is 10.0. The standard InChI is InChI=1S/C16H24N2O2S/c1-17(13-16(19)20)14-7-9-18(10-8-14)11-12-21-15-5-3-2-4-6-15/h2-6,14H,7-13H2,1H3,(H,19,20). The van der Waals surface area contributed by atoms with Gasteiger partial charge in [0.25, 0.3) is 0 Å². The summed E-state index contributed by atoms with van der Waals surface area (Å²) in [5.74, 6) is 0.374. The normalized spacial score (nSPS) is 17.2. The van der Waals surface area contributed by atoms with Crippen LogP contribution in [0.3, 0.4) is 0 Å². The second-order valence-corrected chi connectivity index (χ2v) is 6.71. The van der Waals surface area contributed by atoms with Crippen molar-refractivity contribution in [3.05, 3.63) is 30.3 Å². The maximum Gasteiger partial charge on any atom is 0.317 e. The molecule has 21 heavy (non-hydrogen) atoms. The Bertz CT molecular complexity index is 433. The van der Waals surface area contributed by atoms with Crippen molar-refractivity contribution in [1.29, 1.82) is 0 Å². The zero-order chi connectivity index (χ0) is 15.1. The van der Waals surface area contributed by atoms with Crippen molar-refractivity contribution in [2.75, 3.05) is 39.0 Å². The van der Waals surface area contributed by atoms with Gasteiger partial charge in [0.1, 0.15) is 0 Å². The van der Waals surface area contributed by atoms with Crippen molar-refractivity contribution < 1.29 is 9.90 Å². The van der Waals surface area contributed by atoms with Crippen molar-refractivity contribution in [1.82, 2.24) is 9.80 Å². The summed E-state index contributed by atoms with van der Waals surface area (Å²) >= 11 is 1.90. The molecule has 0 unspecified atom stereocenters. The third-order valence-electron chi connectivity index (χ3n) is 3.98. The second kappa shape index (κ2) is 8.41. The highest BCUT2D eigenvalue weighted by Crippen LogP contribution is 2.19. The van der Waals surface area contributed by atoms with Crippen LogP contribution in [-0.4, -0.2) is 65.9 Å². The fourth-order valence-corrected chi connectivity index (χ4v) is 3.67. The van der Waals surface area contributed by atoms with Crippen LogP contribution in [0.2, 0.25) is 0 Å². The molecule has 1 N–H and O–H groups in total. The predicted octanol–water partition coefficient (Wildman–Crippen LogP) is 2.26. The monoisotopic (exact) mass is 308 g/mol. The van der Waals surface area contributed by atoms with Crippen molar-refractivity contribution >= 4 is 17.7 Å². The lowest BCUT2D eigenvalue weighted by Gasteiger charge is -2.36. The van der Waals surface area contributed by atoms with Gasteiger partial charge in [-0.05, 0) is 45.1 Å². The molecule has 4 nitrogen and oxygen atoms in total. The van der Waals surface area contributed by atoms with E-state index in [-0.39, 0.29) is 6.54 Å². The molecule has 1 aliphatic rings. The largest absolute Gasteiger partial charge is 0.480 e. The smallest absolute Gasteiger partial charge is 0.317 e. The molecule has 0 aromatic heterocycles. The lowest BCUT2D eigenvalue weighted by molar-refractivity contribution is -0.138. The molecular formula is C16H24N2O2S. The van der Waals surface area contributed by atoms with Crippen LogP contribution in [0.25, 0.3) is 0 Å². The molecule has 0 atom stereocenters. The quantitative estimate of drug-likeness (QED) is 0.783. The van der Waals surface area contributed by atoms with Gasteiger partial charge < -0.3 is 10.0 Å². The first kappa shape index (κ1) is 16.3. The zero-order valence-corrected chi connectivity index (χ0v) is 13.4. The fourth-order valence-electron chi connectivity index (χ4n) is 2.74. The Balaban J connectivity index is 1.64. The Morgan fingerprint density at radius 3 is 2.62 bits per heavy atom. The Hall–Kier alpha value is -1.04. The number of likely N-dealkylation sites (N-methyl/N-ethyl adjacent to an activating group) is 1. The van der Waals surface area contributed by atoms with Gasteiger partial charge in [-0.2, -0.15) is 0 Å². The van der Waals surface area contributed by atoms with Gasteiger partial charge >= 0.3 is 5.97 Å². The van der Waals surface area contributed by atoms with Gasteiger partial charge in [-0.1, -0.05) is 18.2 Å². The van der Waals surface area contributed by atoms with Crippen LogP contribution in [0.4, 0.5) is 0 Å². The Morgan fingerprint density at radius 1 is 1.33 bits per heavy atom. The fraction of sp³-hybridized carbons (Fsp3) is 0.562. The third-order valence-corrected chi connectivity index (χ3v) is 4.98. The van der Waals surface area contributed by atoms with Gasteiger partial charge in [0.15, 0.2) is 0 Å². The molecule has 1 heterocycles. The highest BCUT2D eigenvalue weighted by atomic mass is 32.2. The van der Waals surface area contributed by atoms with E-state index in [1.807, 2.05) is 29.8 Å². The Kier molecular flexibility index (Phi) is 6.54. The van der Waals surface area contributed by atoms with E-state index in [4.69, 9.17) is 5.11 Å². The number of carboxylic acids is 1. The summed E-state index contributed by atoms with van der Waals surface area (Å²) in [4.78, 5) is 16.5. The number of rotatable bonds is 7. The molecular weight excluding hydrogens is 284 g/mol. The predicted molar refractivity (Wildman–Crippen MR) is 86.9 cm³/mol. The molecule has 1 aromatic rings. The van der Waals surface area contributed by atoms with Gasteiger partial charge in [-0.25, -0.2) is 0 Å². The molecule has 0 radical (unpaired) electrons. The highest BCUT2D eigenvalue weighted by Gasteiger charge is 2.23. The van der Waals surface area contributed by atoms with Gasteiger partial charge in [0.05, 0.1) is 6.54 Å². The number of benzene rings is 1. The van der Waals surface area contributed by atoms with Crippen LogP contribution in [0.1, 0.15) is 12.8 Å². The van der Waals surface area contributed by atoms with Crippen LogP contribution in [0, 0.1) is 0 Å². The zero-order valence-electron chi connectivity index (χ0n) is 12.6. The van der Waals surface area contributed by atoms with Crippen LogP contribution in [0.5, 0.6) is 0 Å². The first-order valence-corrected chi connectivity index (χ1v) is 8.46. The number of carboxylic acid groups (broad SMARTS) is 1. The third kappa shape index (κ3) is 5.69. The number of piperidine rings is 1. The average molecular weight is 308 g/mol. The molecule has 1 aliphatic heterocycles. The topological polar surface area (TPSA) is 43.8 Å². The molecule has 1 fully saturated rings. The summed E-state index contributed by atoms with van der Waals surface area (Å²) in [6, 6.07) is 10.9. The van der Waals surface area contributed by atoms with E-state index >= 15 is 0 Å². The first-order chi connectivity index (χ1) is 10.1. The summed E-state index contributed by atoms with van der Waals surface area (Å²) in [6.07, 6.45) is 2.14. The van der Waals surface area contributed by atoms with E-state index in [1.54, 1.807) is 0 Å². The molecule has 0 spiro atoms. The minimum Gasteiger partial charge on any atom is -0.480 e. The van der Waals surface area contributed by atoms with E-state index in [9.17, 15) is 4.79 Å². The summed E-state index contributed by atoms with van der Waals surface area (Å²) in [5, 5.41) is 8.84. The van der Waals surface area contributed by atoms with Gasteiger partial charge in [-0.3, -0.25) is 9.69 Å². The minimum absolute atomic E-state index is 0.147.